The quantitative estimate of drug-likeness (QED) is 0.394. The molecule has 210 valence electrons. The van der Waals surface area contributed by atoms with Crippen LogP contribution in [0.25, 0.3) is 11.0 Å². The van der Waals surface area contributed by atoms with Gasteiger partial charge >= 0.3 is 5.97 Å². The van der Waals surface area contributed by atoms with Gasteiger partial charge in [-0.15, -0.1) is 0 Å². The van der Waals surface area contributed by atoms with Crippen molar-refractivity contribution in [3.8, 4) is 0 Å². The van der Waals surface area contributed by atoms with Crippen molar-refractivity contribution in [2.24, 2.45) is 17.8 Å². The third-order valence-corrected chi connectivity index (χ3v) is 8.35. The van der Waals surface area contributed by atoms with Crippen molar-refractivity contribution >= 4 is 22.9 Å². The molecule has 0 radical (unpaired) electrons. The van der Waals surface area contributed by atoms with Crippen LogP contribution >= 0.6 is 0 Å². The largest absolute Gasteiger partial charge is 0.466 e. The minimum atomic E-state index is -0.465. The van der Waals surface area contributed by atoms with Crippen LogP contribution in [0.2, 0.25) is 0 Å². The fraction of sp³-hybridized carbons (Fsp3) is 0.586. The molecule has 2 N–H and O–H groups in total. The highest BCUT2D eigenvalue weighted by molar-refractivity contribution is 5.92. The van der Waals surface area contributed by atoms with Crippen LogP contribution in [0.5, 0.6) is 0 Å². The molecule has 3 unspecified atom stereocenters. The normalized spacial score (nSPS) is 24.4. The molecule has 39 heavy (non-hydrogen) atoms. The number of halogens is 1. The molecule has 2 fully saturated rings. The molecule has 1 amide bonds. The minimum absolute atomic E-state index is 0.172. The molecule has 1 aromatic carbocycles. The van der Waals surface area contributed by atoms with E-state index in [0.717, 1.165) is 25.7 Å². The van der Waals surface area contributed by atoms with Crippen molar-refractivity contribution in [3.05, 3.63) is 47.3 Å². The summed E-state index contributed by atoms with van der Waals surface area (Å²) >= 11 is 0. The number of H-pyrrole nitrogens is 1. The summed E-state index contributed by atoms with van der Waals surface area (Å²) in [4.78, 5) is 33.9. The SMILES string of the molecule is CCOC(=O)C1CCOCC1c1ccc2nc(C(NC(=O)c3ccnn3CC)C3CCC(C)CC3)[nH]c2c1F. The Bertz CT molecular complexity index is 1310. The first kappa shape index (κ1) is 27.3. The predicted octanol–water partition coefficient (Wildman–Crippen LogP) is 4.90. The van der Waals surface area contributed by atoms with Gasteiger partial charge in [-0.3, -0.25) is 14.3 Å². The summed E-state index contributed by atoms with van der Waals surface area (Å²) in [6.45, 7) is 7.50. The van der Waals surface area contributed by atoms with Gasteiger partial charge in [0.15, 0.2) is 5.82 Å². The van der Waals surface area contributed by atoms with E-state index in [1.165, 1.54) is 0 Å². The van der Waals surface area contributed by atoms with Crippen LogP contribution in [0, 0.1) is 23.6 Å². The Labute approximate surface area is 227 Å². The molecule has 1 aliphatic heterocycles. The third-order valence-electron chi connectivity index (χ3n) is 8.35. The predicted molar refractivity (Wildman–Crippen MR) is 144 cm³/mol. The molecule has 5 rings (SSSR count). The van der Waals surface area contributed by atoms with E-state index in [0.29, 0.717) is 48.1 Å². The summed E-state index contributed by atoms with van der Waals surface area (Å²) in [7, 11) is 0. The van der Waals surface area contributed by atoms with E-state index in [-0.39, 0.29) is 36.5 Å². The van der Waals surface area contributed by atoms with Gasteiger partial charge in [-0.1, -0.05) is 25.8 Å². The summed E-state index contributed by atoms with van der Waals surface area (Å²) < 4.78 is 28.6. The number of rotatable bonds is 8. The number of amides is 1. The minimum Gasteiger partial charge on any atom is -0.466 e. The zero-order valence-electron chi connectivity index (χ0n) is 22.9. The maximum absolute atomic E-state index is 16.1. The number of fused-ring (bicyclic) bond motifs is 1. The lowest BCUT2D eigenvalue weighted by Gasteiger charge is -2.32. The van der Waals surface area contributed by atoms with Crippen molar-refractivity contribution in [2.75, 3.05) is 19.8 Å². The number of esters is 1. The van der Waals surface area contributed by atoms with Crippen LogP contribution in [-0.2, 0) is 20.8 Å². The molecule has 2 aromatic heterocycles. The highest BCUT2D eigenvalue weighted by Crippen LogP contribution is 2.39. The Kier molecular flexibility index (Phi) is 8.30. The molecule has 0 spiro atoms. The van der Waals surface area contributed by atoms with E-state index in [9.17, 15) is 9.59 Å². The fourth-order valence-corrected chi connectivity index (χ4v) is 6.11. The van der Waals surface area contributed by atoms with Crippen molar-refractivity contribution in [3.63, 3.8) is 0 Å². The zero-order valence-corrected chi connectivity index (χ0v) is 22.9. The molecule has 2 aliphatic rings. The van der Waals surface area contributed by atoms with Crippen LogP contribution in [0.15, 0.2) is 24.4 Å². The number of nitrogens with zero attached hydrogens (tertiary/aromatic N) is 3. The van der Waals surface area contributed by atoms with Crippen LogP contribution in [0.4, 0.5) is 4.39 Å². The van der Waals surface area contributed by atoms with Gasteiger partial charge in [-0.25, -0.2) is 9.37 Å². The average molecular weight is 540 g/mol. The number of aryl methyl sites for hydroxylation is 1. The summed E-state index contributed by atoms with van der Waals surface area (Å²) in [6, 6.07) is 4.78. The lowest BCUT2D eigenvalue weighted by atomic mass is 9.79. The summed E-state index contributed by atoms with van der Waals surface area (Å²) in [5.74, 6) is -0.550. The Morgan fingerprint density at radius 3 is 2.74 bits per heavy atom. The number of hydrogen-bond acceptors (Lipinski definition) is 6. The molecular weight excluding hydrogens is 501 g/mol. The van der Waals surface area contributed by atoms with Crippen LogP contribution < -0.4 is 5.32 Å². The van der Waals surface area contributed by atoms with E-state index >= 15 is 4.39 Å². The van der Waals surface area contributed by atoms with Gasteiger partial charge in [0.2, 0.25) is 0 Å². The van der Waals surface area contributed by atoms with Gasteiger partial charge < -0.3 is 19.8 Å². The Hall–Kier alpha value is -3.27. The molecule has 1 saturated heterocycles. The second kappa shape index (κ2) is 11.9. The van der Waals surface area contributed by atoms with Gasteiger partial charge in [0.05, 0.1) is 30.7 Å². The van der Waals surface area contributed by atoms with E-state index in [4.69, 9.17) is 14.5 Å². The molecule has 10 heteroatoms. The van der Waals surface area contributed by atoms with Crippen molar-refractivity contribution in [2.45, 2.75) is 71.4 Å². The Morgan fingerprint density at radius 2 is 2.00 bits per heavy atom. The number of benzene rings is 1. The topological polar surface area (TPSA) is 111 Å². The summed E-state index contributed by atoms with van der Waals surface area (Å²) in [5, 5.41) is 7.42. The maximum Gasteiger partial charge on any atom is 0.309 e. The van der Waals surface area contributed by atoms with Crippen molar-refractivity contribution in [1.82, 2.24) is 25.1 Å². The van der Waals surface area contributed by atoms with Gasteiger partial charge in [0.25, 0.3) is 5.91 Å². The average Bonchev–Trinajstić information content (AvgIpc) is 3.60. The van der Waals surface area contributed by atoms with Gasteiger partial charge in [0.1, 0.15) is 17.0 Å². The smallest absolute Gasteiger partial charge is 0.309 e. The van der Waals surface area contributed by atoms with Crippen molar-refractivity contribution < 1.29 is 23.5 Å². The van der Waals surface area contributed by atoms with Gasteiger partial charge in [-0.05, 0) is 62.6 Å². The number of carbonyl (C=O) groups is 2. The van der Waals surface area contributed by atoms with E-state index in [1.54, 1.807) is 36.0 Å². The molecule has 1 aliphatic carbocycles. The van der Waals surface area contributed by atoms with Crippen LogP contribution in [-0.4, -0.2) is 51.4 Å². The Balaban J connectivity index is 1.48. The summed E-state index contributed by atoms with van der Waals surface area (Å²) in [5.41, 5.74) is 1.66. The first-order chi connectivity index (χ1) is 18.9. The van der Waals surface area contributed by atoms with E-state index in [2.05, 4.69) is 22.3 Å². The van der Waals surface area contributed by atoms with Crippen molar-refractivity contribution in [1.29, 1.82) is 0 Å². The molecule has 3 atom stereocenters. The number of ether oxygens (including phenoxy) is 2. The molecule has 3 aromatic rings. The Morgan fingerprint density at radius 1 is 1.21 bits per heavy atom. The number of imidazole rings is 1. The maximum atomic E-state index is 16.1. The third kappa shape index (κ3) is 5.57. The number of nitrogens with one attached hydrogen (secondary N) is 2. The zero-order chi connectivity index (χ0) is 27.5. The fourth-order valence-electron chi connectivity index (χ4n) is 6.11. The molecule has 9 nitrogen and oxygen atoms in total. The molecule has 1 saturated carbocycles. The standard InChI is InChI=1S/C29H38FN5O4/c1-4-35-23(12-14-31-35)28(36)34-25(18-8-6-17(3)7-9-18)27-32-22-11-10-19(24(30)26(22)33-27)21-16-38-15-13-20(21)29(37)39-5-2/h10-12,14,17-18,20-21,25H,4-9,13,15-16H2,1-3H3,(H,32,33)(H,34,36). The lowest BCUT2D eigenvalue weighted by Crippen LogP contribution is -2.36. The van der Waals surface area contributed by atoms with Gasteiger partial charge in [-0.2, -0.15) is 5.10 Å². The van der Waals surface area contributed by atoms with Crippen LogP contribution in [0.3, 0.4) is 0 Å². The highest BCUT2D eigenvalue weighted by atomic mass is 19.1. The number of aromatic nitrogens is 4. The molecule has 0 bridgehead atoms. The van der Waals surface area contributed by atoms with Gasteiger partial charge in [0, 0.05) is 25.3 Å². The monoisotopic (exact) mass is 539 g/mol. The first-order valence-corrected chi connectivity index (χ1v) is 14.2. The summed E-state index contributed by atoms with van der Waals surface area (Å²) in [6.07, 6.45) is 6.14. The molecule has 3 heterocycles. The van der Waals surface area contributed by atoms with Crippen LogP contribution in [0.1, 0.15) is 86.7 Å². The van der Waals surface area contributed by atoms with E-state index < -0.39 is 23.7 Å². The number of hydrogen-bond donors (Lipinski definition) is 2. The molecular formula is C29H38FN5O4. The first-order valence-electron chi connectivity index (χ1n) is 14.2. The number of carbonyl (C=O) groups excluding carboxylic acids is 2. The number of aromatic amines is 1. The second-order valence-corrected chi connectivity index (χ2v) is 10.8. The lowest BCUT2D eigenvalue weighted by molar-refractivity contribution is -0.152. The second-order valence-electron chi connectivity index (χ2n) is 10.8. The van der Waals surface area contributed by atoms with E-state index in [1.807, 2.05) is 6.92 Å². The highest BCUT2D eigenvalue weighted by Gasteiger charge is 2.37.